The van der Waals surface area contributed by atoms with Gasteiger partial charge in [0.1, 0.15) is 11.3 Å². The highest BCUT2D eigenvalue weighted by Crippen LogP contribution is 2.32. The molecule has 3 rings (SSSR count). The van der Waals surface area contributed by atoms with Crippen LogP contribution < -0.4 is 0 Å². The van der Waals surface area contributed by atoms with Crippen LogP contribution in [0.15, 0.2) is 6.07 Å². The van der Waals surface area contributed by atoms with Crippen molar-refractivity contribution >= 4 is 11.0 Å². The number of aliphatic hydroxyl groups excluding tert-OH is 1. The number of aliphatic hydroxyl groups is 1. The number of fused-ring (bicyclic) bond motifs is 2. The highest BCUT2D eigenvalue weighted by atomic mass is 19.1. The van der Waals surface area contributed by atoms with E-state index >= 15 is 0 Å². The molecule has 0 saturated carbocycles. The molecular formula is C12H13FN2O. The number of hydrogen-bond donors (Lipinski definition) is 2. The summed E-state index contributed by atoms with van der Waals surface area (Å²) < 4.78 is 14.1. The first-order valence-corrected chi connectivity index (χ1v) is 5.46. The molecule has 0 radical (unpaired) electrons. The Labute approximate surface area is 92.3 Å². The van der Waals surface area contributed by atoms with E-state index in [4.69, 9.17) is 5.11 Å². The molecule has 1 aromatic heterocycles. The van der Waals surface area contributed by atoms with Crippen LogP contribution in [0.1, 0.15) is 17.0 Å². The molecule has 0 saturated heterocycles. The van der Waals surface area contributed by atoms with Crippen molar-refractivity contribution in [2.75, 3.05) is 6.61 Å². The summed E-state index contributed by atoms with van der Waals surface area (Å²) in [7, 11) is 0. The van der Waals surface area contributed by atoms with Gasteiger partial charge in [0.15, 0.2) is 5.82 Å². The van der Waals surface area contributed by atoms with Gasteiger partial charge in [-0.3, -0.25) is 0 Å². The van der Waals surface area contributed by atoms with Gasteiger partial charge in [0.05, 0.1) is 5.52 Å². The summed E-state index contributed by atoms with van der Waals surface area (Å²) in [6.07, 6.45) is 1.39. The molecule has 0 bridgehead atoms. The SMILES string of the molecule is Cc1nc2c(F)c3c(cc2[nH]1)CC(CO)C3. The molecule has 84 valence electrons. The van der Waals surface area contributed by atoms with Gasteiger partial charge in [-0.05, 0) is 42.9 Å². The Hall–Kier alpha value is -1.42. The van der Waals surface area contributed by atoms with Gasteiger partial charge in [-0.25, -0.2) is 9.37 Å². The van der Waals surface area contributed by atoms with Crippen molar-refractivity contribution in [3.05, 3.63) is 28.8 Å². The zero-order valence-corrected chi connectivity index (χ0v) is 9.05. The van der Waals surface area contributed by atoms with Gasteiger partial charge < -0.3 is 10.1 Å². The zero-order valence-electron chi connectivity index (χ0n) is 9.05. The van der Waals surface area contributed by atoms with E-state index in [9.17, 15) is 4.39 Å². The van der Waals surface area contributed by atoms with Crippen molar-refractivity contribution in [3.63, 3.8) is 0 Å². The lowest BCUT2D eigenvalue weighted by Gasteiger charge is -2.01. The molecule has 16 heavy (non-hydrogen) atoms. The molecule has 0 amide bonds. The van der Waals surface area contributed by atoms with E-state index in [0.29, 0.717) is 11.9 Å². The monoisotopic (exact) mass is 220 g/mol. The topological polar surface area (TPSA) is 48.9 Å². The molecule has 0 aliphatic heterocycles. The molecule has 3 nitrogen and oxygen atoms in total. The Kier molecular flexibility index (Phi) is 2.01. The summed E-state index contributed by atoms with van der Waals surface area (Å²) in [6, 6.07) is 1.96. The fourth-order valence-electron chi connectivity index (χ4n) is 2.53. The molecule has 2 N–H and O–H groups in total. The van der Waals surface area contributed by atoms with Crippen LogP contribution in [-0.2, 0) is 12.8 Å². The van der Waals surface area contributed by atoms with Crippen molar-refractivity contribution in [2.24, 2.45) is 5.92 Å². The van der Waals surface area contributed by atoms with Gasteiger partial charge in [0.25, 0.3) is 0 Å². The Balaban J connectivity index is 2.21. The average molecular weight is 220 g/mol. The van der Waals surface area contributed by atoms with Crippen molar-refractivity contribution in [2.45, 2.75) is 19.8 Å². The largest absolute Gasteiger partial charge is 0.396 e. The first kappa shape index (κ1) is 9.78. The van der Waals surface area contributed by atoms with Crippen molar-refractivity contribution in [1.82, 2.24) is 9.97 Å². The Morgan fingerprint density at radius 3 is 3.12 bits per heavy atom. The predicted octanol–water partition coefficient (Wildman–Crippen LogP) is 1.72. The zero-order chi connectivity index (χ0) is 11.3. The molecule has 0 spiro atoms. The molecule has 4 heteroatoms. The van der Waals surface area contributed by atoms with Crippen LogP contribution in [0.2, 0.25) is 0 Å². The number of rotatable bonds is 1. The van der Waals surface area contributed by atoms with Gasteiger partial charge in [0.2, 0.25) is 0 Å². The fraction of sp³-hybridized carbons (Fsp3) is 0.417. The molecule has 0 fully saturated rings. The van der Waals surface area contributed by atoms with E-state index in [0.717, 1.165) is 28.9 Å². The summed E-state index contributed by atoms with van der Waals surface area (Å²) in [6.45, 7) is 1.94. The van der Waals surface area contributed by atoms with Crippen LogP contribution in [-0.4, -0.2) is 21.7 Å². The van der Waals surface area contributed by atoms with E-state index in [1.54, 1.807) is 0 Å². The molecule has 1 heterocycles. The Bertz CT molecular complexity index is 562. The lowest BCUT2D eigenvalue weighted by atomic mass is 10.1. The van der Waals surface area contributed by atoms with Crippen molar-refractivity contribution < 1.29 is 9.50 Å². The van der Waals surface area contributed by atoms with Crippen LogP contribution in [0.25, 0.3) is 11.0 Å². The fourth-order valence-corrected chi connectivity index (χ4v) is 2.53. The van der Waals surface area contributed by atoms with Gasteiger partial charge >= 0.3 is 0 Å². The minimum atomic E-state index is -0.215. The van der Waals surface area contributed by atoms with Gasteiger partial charge in [-0.15, -0.1) is 0 Å². The van der Waals surface area contributed by atoms with Crippen LogP contribution >= 0.6 is 0 Å². The number of imidazole rings is 1. The molecule has 1 aliphatic rings. The lowest BCUT2D eigenvalue weighted by Crippen LogP contribution is -2.04. The molecular weight excluding hydrogens is 207 g/mol. The number of hydrogen-bond acceptors (Lipinski definition) is 2. The second kappa shape index (κ2) is 3.28. The first-order chi connectivity index (χ1) is 7.69. The van der Waals surface area contributed by atoms with Gasteiger partial charge in [0, 0.05) is 6.61 Å². The van der Waals surface area contributed by atoms with Gasteiger partial charge in [-0.1, -0.05) is 0 Å². The third kappa shape index (κ3) is 1.26. The predicted molar refractivity (Wildman–Crippen MR) is 58.8 cm³/mol. The average Bonchev–Trinajstić information content (AvgIpc) is 2.81. The minimum Gasteiger partial charge on any atom is -0.396 e. The number of halogens is 1. The second-order valence-electron chi connectivity index (χ2n) is 4.50. The number of benzene rings is 1. The summed E-state index contributed by atoms with van der Waals surface area (Å²) in [5.41, 5.74) is 2.92. The molecule has 1 aromatic carbocycles. The third-order valence-corrected chi connectivity index (χ3v) is 3.29. The number of aromatic amines is 1. The van der Waals surface area contributed by atoms with E-state index in [2.05, 4.69) is 9.97 Å². The maximum absolute atomic E-state index is 14.1. The van der Waals surface area contributed by atoms with E-state index in [1.165, 1.54) is 0 Å². The standard InChI is InChI=1S/C12H13FN2O/c1-6-14-10-4-8-2-7(5-16)3-9(8)11(13)12(10)15-6/h4,7,16H,2-3,5H2,1H3,(H,14,15). The first-order valence-electron chi connectivity index (χ1n) is 5.46. The minimum absolute atomic E-state index is 0.120. The van der Waals surface area contributed by atoms with E-state index < -0.39 is 0 Å². The lowest BCUT2D eigenvalue weighted by molar-refractivity contribution is 0.232. The molecule has 2 aromatic rings. The van der Waals surface area contributed by atoms with Crippen LogP contribution in [0.4, 0.5) is 4.39 Å². The summed E-state index contributed by atoms with van der Waals surface area (Å²) in [5.74, 6) is 0.682. The Morgan fingerprint density at radius 2 is 2.38 bits per heavy atom. The van der Waals surface area contributed by atoms with Crippen molar-refractivity contribution in [1.29, 1.82) is 0 Å². The molecule has 1 unspecified atom stereocenters. The maximum atomic E-state index is 14.1. The van der Waals surface area contributed by atoms with E-state index in [-0.39, 0.29) is 18.3 Å². The van der Waals surface area contributed by atoms with Crippen LogP contribution in [0, 0.1) is 18.7 Å². The van der Waals surface area contributed by atoms with Crippen LogP contribution in [0.5, 0.6) is 0 Å². The number of aromatic nitrogens is 2. The second-order valence-corrected chi connectivity index (χ2v) is 4.50. The number of aryl methyl sites for hydroxylation is 1. The number of H-pyrrole nitrogens is 1. The third-order valence-electron chi connectivity index (χ3n) is 3.29. The normalized spacial score (nSPS) is 19.3. The maximum Gasteiger partial charge on any atom is 0.154 e. The Morgan fingerprint density at radius 1 is 1.56 bits per heavy atom. The number of nitrogens with zero attached hydrogens (tertiary/aromatic N) is 1. The van der Waals surface area contributed by atoms with Gasteiger partial charge in [-0.2, -0.15) is 0 Å². The molecule has 1 aliphatic carbocycles. The highest BCUT2D eigenvalue weighted by Gasteiger charge is 2.26. The van der Waals surface area contributed by atoms with Crippen molar-refractivity contribution in [3.8, 4) is 0 Å². The summed E-state index contributed by atoms with van der Waals surface area (Å²) in [5, 5.41) is 9.12. The quantitative estimate of drug-likeness (QED) is 0.768. The highest BCUT2D eigenvalue weighted by molar-refractivity contribution is 5.78. The van der Waals surface area contributed by atoms with Crippen LogP contribution in [0.3, 0.4) is 0 Å². The van der Waals surface area contributed by atoms with E-state index in [1.807, 2.05) is 13.0 Å². The summed E-state index contributed by atoms with van der Waals surface area (Å²) in [4.78, 5) is 7.20. The summed E-state index contributed by atoms with van der Waals surface area (Å²) >= 11 is 0. The smallest absolute Gasteiger partial charge is 0.154 e. The number of nitrogens with one attached hydrogen (secondary N) is 1. The molecule has 1 atom stereocenters.